The third-order valence-corrected chi connectivity index (χ3v) is 3.22. The first-order valence-electron chi connectivity index (χ1n) is 7.50. The number of rotatable bonds is 6. The Balaban J connectivity index is 1.65. The fraction of sp³-hybridized carbons (Fsp3) is 0.278. The van der Waals surface area contributed by atoms with E-state index in [1.165, 1.54) is 12.1 Å². The second-order valence-corrected chi connectivity index (χ2v) is 5.41. The lowest BCUT2D eigenvalue weighted by molar-refractivity contribution is 0.236. The zero-order chi connectivity index (χ0) is 16.7. The number of amides is 2. The molecule has 0 radical (unpaired) electrons. The Hall–Kier alpha value is -2.56. The summed E-state index contributed by atoms with van der Waals surface area (Å²) in [6, 6.07) is 11.7. The van der Waals surface area contributed by atoms with Crippen LogP contribution in [0.1, 0.15) is 16.7 Å². The van der Waals surface area contributed by atoms with Crippen LogP contribution in [-0.4, -0.2) is 19.2 Å². The van der Waals surface area contributed by atoms with Gasteiger partial charge in [-0.3, -0.25) is 0 Å². The molecule has 2 aromatic carbocycles. The van der Waals surface area contributed by atoms with Crippen molar-refractivity contribution in [2.75, 3.05) is 13.2 Å². The number of carbonyl (C=O) groups is 1. The molecule has 2 N–H and O–H groups in total. The minimum atomic E-state index is -0.290. The molecular weight excluding hydrogens is 295 g/mol. The van der Waals surface area contributed by atoms with Gasteiger partial charge in [0.2, 0.25) is 0 Å². The number of aryl methyl sites for hydroxylation is 2. The summed E-state index contributed by atoms with van der Waals surface area (Å²) >= 11 is 0. The van der Waals surface area contributed by atoms with Gasteiger partial charge in [-0.25, -0.2) is 9.18 Å². The lowest BCUT2D eigenvalue weighted by Crippen LogP contribution is -2.37. The maximum Gasteiger partial charge on any atom is 0.315 e. The predicted octanol–water partition coefficient (Wildman–Crippen LogP) is 3.32. The minimum Gasteiger partial charge on any atom is -0.492 e. The van der Waals surface area contributed by atoms with Crippen LogP contribution in [0.25, 0.3) is 0 Å². The van der Waals surface area contributed by atoms with E-state index in [0.717, 1.165) is 22.4 Å². The molecule has 0 heterocycles. The van der Waals surface area contributed by atoms with Gasteiger partial charge in [-0.15, -0.1) is 0 Å². The topological polar surface area (TPSA) is 50.4 Å². The number of hydrogen-bond acceptors (Lipinski definition) is 2. The number of nitrogens with one attached hydrogen (secondary N) is 2. The lowest BCUT2D eigenvalue weighted by Gasteiger charge is -2.10. The van der Waals surface area contributed by atoms with Gasteiger partial charge in [0.1, 0.15) is 18.2 Å². The monoisotopic (exact) mass is 316 g/mol. The summed E-state index contributed by atoms with van der Waals surface area (Å²) in [5.41, 5.74) is 3.13. The van der Waals surface area contributed by atoms with Crippen LogP contribution < -0.4 is 15.4 Å². The number of benzene rings is 2. The molecule has 0 aromatic heterocycles. The molecule has 0 spiro atoms. The molecule has 0 fully saturated rings. The highest BCUT2D eigenvalue weighted by Crippen LogP contribution is 2.15. The maximum atomic E-state index is 12.8. The van der Waals surface area contributed by atoms with Crippen molar-refractivity contribution in [3.63, 3.8) is 0 Å². The van der Waals surface area contributed by atoms with E-state index in [2.05, 4.69) is 16.7 Å². The van der Waals surface area contributed by atoms with Crippen LogP contribution in [0.4, 0.5) is 9.18 Å². The summed E-state index contributed by atoms with van der Waals surface area (Å²) in [6.45, 7) is 5.18. The van der Waals surface area contributed by atoms with Crippen molar-refractivity contribution in [3.8, 4) is 5.75 Å². The molecule has 0 aliphatic heterocycles. The Morgan fingerprint density at radius 1 is 1.04 bits per heavy atom. The summed E-state index contributed by atoms with van der Waals surface area (Å²) in [5.74, 6) is 0.512. The van der Waals surface area contributed by atoms with Crippen LogP contribution in [0.15, 0.2) is 42.5 Å². The van der Waals surface area contributed by atoms with Crippen LogP contribution in [0.5, 0.6) is 5.75 Å². The first kappa shape index (κ1) is 16.8. The molecule has 0 aliphatic carbocycles. The van der Waals surface area contributed by atoms with E-state index in [4.69, 9.17) is 4.74 Å². The van der Waals surface area contributed by atoms with E-state index < -0.39 is 0 Å². The second-order valence-electron chi connectivity index (χ2n) is 5.41. The standard InChI is InChI=1S/C18H21FN2O2/c1-13-9-14(2)11-17(10-13)23-8-7-20-18(22)21-12-15-3-5-16(19)6-4-15/h3-6,9-11H,7-8,12H2,1-2H3,(H2,20,21,22). The van der Waals surface area contributed by atoms with E-state index in [1.54, 1.807) is 12.1 Å². The average molecular weight is 316 g/mol. The number of halogens is 1. The van der Waals surface area contributed by atoms with Crippen molar-refractivity contribution < 1.29 is 13.9 Å². The van der Waals surface area contributed by atoms with Crippen LogP contribution in [0.2, 0.25) is 0 Å². The largest absolute Gasteiger partial charge is 0.492 e. The molecule has 5 heteroatoms. The summed E-state index contributed by atoms with van der Waals surface area (Å²) in [7, 11) is 0. The highest BCUT2D eigenvalue weighted by Gasteiger charge is 2.01. The van der Waals surface area contributed by atoms with E-state index in [-0.39, 0.29) is 11.8 Å². The number of hydrogen-bond donors (Lipinski definition) is 2. The third kappa shape index (κ3) is 5.98. The Kier molecular flexibility index (Phi) is 5.97. The van der Waals surface area contributed by atoms with Gasteiger partial charge in [-0.2, -0.15) is 0 Å². The van der Waals surface area contributed by atoms with E-state index >= 15 is 0 Å². The normalized spacial score (nSPS) is 10.2. The summed E-state index contributed by atoms with van der Waals surface area (Å²) in [4.78, 5) is 11.7. The first-order valence-corrected chi connectivity index (χ1v) is 7.50. The second kappa shape index (κ2) is 8.17. The number of carbonyl (C=O) groups excluding carboxylic acids is 1. The fourth-order valence-corrected chi connectivity index (χ4v) is 2.20. The van der Waals surface area contributed by atoms with Gasteiger partial charge in [-0.1, -0.05) is 18.2 Å². The van der Waals surface area contributed by atoms with Gasteiger partial charge in [0.05, 0.1) is 6.54 Å². The van der Waals surface area contributed by atoms with Crippen LogP contribution in [0, 0.1) is 19.7 Å². The number of ether oxygens (including phenoxy) is 1. The predicted molar refractivity (Wildman–Crippen MR) is 88.0 cm³/mol. The van der Waals surface area contributed by atoms with Crippen molar-refractivity contribution in [1.29, 1.82) is 0 Å². The first-order chi connectivity index (χ1) is 11.0. The highest BCUT2D eigenvalue weighted by atomic mass is 19.1. The summed E-state index contributed by atoms with van der Waals surface area (Å²) in [5, 5.41) is 5.42. The molecule has 122 valence electrons. The van der Waals surface area contributed by atoms with Crippen molar-refractivity contribution in [2.45, 2.75) is 20.4 Å². The molecule has 0 bridgehead atoms. The summed E-state index contributed by atoms with van der Waals surface area (Å²) < 4.78 is 18.4. The quantitative estimate of drug-likeness (QED) is 0.803. The molecule has 4 nitrogen and oxygen atoms in total. The third-order valence-electron chi connectivity index (χ3n) is 3.22. The van der Waals surface area contributed by atoms with Gasteiger partial charge in [-0.05, 0) is 54.8 Å². The Labute approximate surface area is 135 Å². The van der Waals surface area contributed by atoms with Crippen molar-refractivity contribution in [2.24, 2.45) is 0 Å². The van der Waals surface area contributed by atoms with Gasteiger partial charge in [0.25, 0.3) is 0 Å². The minimum absolute atomic E-state index is 0.279. The zero-order valence-electron chi connectivity index (χ0n) is 13.4. The fourth-order valence-electron chi connectivity index (χ4n) is 2.20. The Morgan fingerprint density at radius 3 is 2.35 bits per heavy atom. The SMILES string of the molecule is Cc1cc(C)cc(OCCNC(=O)NCc2ccc(F)cc2)c1. The summed E-state index contributed by atoms with van der Waals surface area (Å²) in [6.07, 6.45) is 0. The van der Waals surface area contributed by atoms with Gasteiger partial charge in [0, 0.05) is 6.54 Å². The van der Waals surface area contributed by atoms with Gasteiger partial charge < -0.3 is 15.4 Å². The Bertz CT molecular complexity index is 636. The van der Waals surface area contributed by atoms with Crippen molar-refractivity contribution in [1.82, 2.24) is 10.6 Å². The molecule has 0 atom stereocenters. The Morgan fingerprint density at radius 2 is 1.70 bits per heavy atom. The molecule has 0 aliphatic rings. The number of urea groups is 1. The van der Waals surface area contributed by atoms with Crippen LogP contribution in [0.3, 0.4) is 0 Å². The lowest BCUT2D eigenvalue weighted by atomic mass is 10.1. The zero-order valence-corrected chi connectivity index (χ0v) is 13.4. The molecule has 0 unspecified atom stereocenters. The molecular formula is C18H21FN2O2. The maximum absolute atomic E-state index is 12.8. The molecule has 2 aromatic rings. The van der Waals surface area contributed by atoms with Crippen LogP contribution in [-0.2, 0) is 6.54 Å². The van der Waals surface area contributed by atoms with Crippen molar-refractivity contribution in [3.05, 3.63) is 65.0 Å². The molecule has 2 rings (SSSR count). The van der Waals surface area contributed by atoms with Crippen LogP contribution >= 0.6 is 0 Å². The van der Waals surface area contributed by atoms with Gasteiger partial charge in [0.15, 0.2) is 0 Å². The van der Waals surface area contributed by atoms with E-state index in [9.17, 15) is 9.18 Å². The molecule has 23 heavy (non-hydrogen) atoms. The smallest absolute Gasteiger partial charge is 0.315 e. The average Bonchev–Trinajstić information content (AvgIpc) is 2.50. The van der Waals surface area contributed by atoms with Gasteiger partial charge >= 0.3 is 6.03 Å². The highest BCUT2D eigenvalue weighted by molar-refractivity contribution is 5.73. The van der Waals surface area contributed by atoms with E-state index in [0.29, 0.717) is 19.7 Å². The molecule has 0 saturated carbocycles. The molecule has 2 amide bonds. The van der Waals surface area contributed by atoms with Crippen molar-refractivity contribution >= 4 is 6.03 Å². The van der Waals surface area contributed by atoms with E-state index in [1.807, 2.05) is 26.0 Å². The molecule has 0 saturated heterocycles.